The number of hydrogen-bond donors (Lipinski definition) is 1. The summed E-state index contributed by atoms with van der Waals surface area (Å²) >= 11 is 0. The number of benzene rings is 2. The standard InChI is InChI=1S/C21H21NO2/c23-21(16-6-2-1-3-7-16)22-18-12-10-15(11-13-18)20-14-17-8-4-5-9-19(17)24-20/h4-5,8-14,16H,1-3,6-7H2,(H,22,23). The van der Waals surface area contributed by atoms with Crippen molar-refractivity contribution in [2.75, 3.05) is 5.32 Å². The smallest absolute Gasteiger partial charge is 0.227 e. The van der Waals surface area contributed by atoms with Gasteiger partial charge in [-0.3, -0.25) is 4.79 Å². The molecule has 1 saturated carbocycles. The maximum atomic E-state index is 12.3. The van der Waals surface area contributed by atoms with Gasteiger partial charge in [0, 0.05) is 22.6 Å². The summed E-state index contributed by atoms with van der Waals surface area (Å²) in [4.78, 5) is 12.3. The highest BCUT2D eigenvalue weighted by molar-refractivity contribution is 5.93. The van der Waals surface area contributed by atoms with Gasteiger partial charge in [-0.1, -0.05) is 37.5 Å². The molecule has 3 heteroatoms. The van der Waals surface area contributed by atoms with Gasteiger partial charge < -0.3 is 9.73 Å². The van der Waals surface area contributed by atoms with Crippen LogP contribution in [0.25, 0.3) is 22.3 Å². The summed E-state index contributed by atoms with van der Waals surface area (Å²) in [7, 11) is 0. The van der Waals surface area contributed by atoms with Crippen molar-refractivity contribution in [1.82, 2.24) is 0 Å². The molecule has 4 rings (SSSR count). The van der Waals surface area contributed by atoms with E-state index in [9.17, 15) is 4.79 Å². The lowest BCUT2D eigenvalue weighted by Gasteiger charge is -2.20. The van der Waals surface area contributed by atoms with Crippen LogP contribution in [-0.4, -0.2) is 5.91 Å². The van der Waals surface area contributed by atoms with Crippen molar-refractivity contribution < 1.29 is 9.21 Å². The van der Waals surface area contributed by atoms with Crippen LogP contribution >= 0.6 is 0 Å². The summed E-state index contributed by atoms with van der Waals surface area (Å²) in [5.74, 6) is 1.18. The molecule has 0 aliphatic heterocycles. The number of rotatable bonds is 3. The second kappa shape index (κ2) is 6.52. The van der Waals surface area contributed by atoms with Gasteiger partial charge in [0.05, 0.1) is 0 Å². The van der Waals surface area contributed by atoms with E-state index in [-0.39, 0.29) is 11.8 Å². The van der Waals surface area contributed by atoms with Crippen LogP contribution in [0.15, 0.2) is 59.0 Å². The average Bonchev–Trinajstić information content (AvgIpc) is 3.07. The number of carbonyl (C=O) groups excluding carboxylic acids is 1. The van der Waals surface area contributed by atoms with Gasteiger partial charge in [-0.15, -0.1) is 0 Å². The van der Waals surface area contributed by atoms with Crippen LogP contribution in [0, 0.1) is 5.92 Å². The zero-order chi connectivity index (χ0) is 16.4. The van der Waals surface area contributed by atoms with Gasteiger partial charge in [-0.05, 0) is 49.2 Å². The molecule has 1 amide bonds. The Morgan fingerprint density at radius 3 is 2.46 bits per heavy atom. The molecule has 1 aliphatic carbocycles. The molecule has 0 bridgehead atoms. The molecule has 1 fully saturated rings. The predicted molar refractivity (Wildman–Crippen MR) is 96.9 cm³/mol. The first-order valence-corrected chi connectivity index (χ1v) is 8.69. The van der Waals surface area contributed by atoms with Crippen LogP contribution in [0.5, 0.6) is 0 Å². The number of para-hydroxylation sites is 1. The van der Waals surface area contributed by atoms with E-state index >= 15 is 0 Å². The molecule has 0 unspecified atom stereocenters. The molecule has 0 atom stereocenters. The number of furan rings is 1. The SMILES string of the molecule is O=C(Nc1ccc(-c2cc3ccccc3o2)cc1)C1CCCCC1. The van der Waals surface area contributed by atoms with Crippen LogP contribution in [0.1, 0.15) is 32.1 Å². The summed E-state index contributed by atoms with van der Waals surface area (Å²) < 4.78 is 5.88. The highest BCUT2D eigenvalue weighted by atomic mass is 16.3. The van der Waals surface area contributed by atoms with Crippen molar-refractivity contribution in [1.29, 1.82) is 0 Å². The Kier molecular flexibility index (Phi) is 4.08. The monoisotopic (exact) mass is 319 g/mol. The van der Waals surface area contributed by atoms with Crippen molar-refractivity contribution >= 4 is 22.6 Å². The molecule has 0 saturated heterocycles. The van der Waals surface area contributed by atoms with Gasteiger partial charge in [0.2, 0.25) is 5.91 Å². The van der Waals surface area contributed by atoms with E-state index in [1.54, 1.807) is 0 Å². The summed E-state index contributed by atoms with van der Waals surface area (Å²) in [6.07, 6.45) is 5.63. The third-order valence-electron chi connectivity index (χ3n) is 4.84. The van der Waals surface area contributed by atoms with Crippen LogP contribution in [0.4, 0.5) is 5.69 Å². The van der Waals surface area contributed by atoms with Crippen molar-refractivity contribution in [2.24, 2.45) is 5.92 Å². The maximum absolute atomic E-state index is 12.3. The van der Waals surface area contributed by atoms with E-state index in [2.05, 4.69) is 5.32 Å². The number of hydrogen-bond acceptors (Lipinski definition) is 2. The lowest BCUT2D eigenvalue weighted by molar-refractivity contribution is -0.120. The maximum Gasteiger partial charge on any atom is 0.227 e. The highest BCUT2D eigenvalue weighted by Crippen LogP contribution is 2.29. The fourth-order valence-corrected chi connectivity index (χ4v) is 3.45. The van der Waals surface area contributed by atoms with Crippen LogP contribution in [0.2, 0.25) is 0 Å². The highest BCUT2D eigenvalue weighted by Gasteiger charge is 2.21. The molecule has 3 nitrogen and oxygen atoms in total. The second-order valence-corrected chi connectivity index (χ2v) is 6.55. The quantitative estimate of drug-likeness (QED) is 0.681. The first-order chi connectivity index (χ1) is 11.8. The number of fused-ring (bicyclic) bond motifs is 1. The van der Waals surface area contributed by atoms with Crippen molar-refractivity contribution in [3.05, 3.63) is 54.6 Å². The topological polar surface area (TPSA) is 42.2 Å². The number of anilines is 1. The minimum Gasteiger partial charge on any atom is -0.456 e. The largest absolute Gasteiger partial charge is 0.456 e. The zero-order valence-electron chi connectivity index (χ0n) is 13.6. The van der Waals surface area contributed by atoms with E-state index in [1.165, 1.54) is 19.3 Å². The van der Waals surface area contributed by atoms with E-state index in [0.29, 0.717) is 0 Å². The Morgan fingerprint density at radius 1 is 0.958 bits per heavy atom. The minimum atomic E-state index is 0.159. The van der Waals surface area contributed by atoms with Gasteiger partial charge in [-0.25, -0.2) is 0 Å². The fraction of sp³-hybridized carbons (Fsp3) is 0.286. The molecule has 1 aromatic heterocycles. The predicted octanol–water partition coefficient (Wildman–Crippen LogP) is 5.62. The molecule has 24 heavy (non-hydrogen) atoms. The van der Waals surface area contributed by atoms with E-state index in [4.69, 9.17) is 4.42 Å². The van der Waals surface area contributed by atoms with Crippen LogP contribution in [-0.2, 0) is 4.79 Å². The zero-order valence-corrected chi connectivity index (χ0v) is 13.6. The van der Waals surface area contributed by atoms with Crippen molar-refractivity contribution in [2.45, 2.75) is 32.1 Å². The van der Waals surface area contributed by atoms with Gasteiger partial charge in [-0.2, -0.15) is 0 Å². The average molecular weight is 319 g/mol. The molecule has 0 spiro atoms. The third kappa shape index (κ3) is 3.07. The van der Waals surface area contributed by atoms with E-state index < -0.39 is 0 Å². The van der Waals surface area contributed by atoms with Gasteiger partial charge in [0.1, 0.15) is 11.3 Å². The van der Waals surface area contributed by atoms with Gasteiger partial charge >= 0.3 is 0 Å². The summed E-state index contributed by atoms with van der Waals surface area (Å²) in [5, 5.41) is 4.15. The first kappa shape index (κ1) is 15.0. The Bertz CT molecular complexity index is 809. The summed E-state index contributed by atoms with van der Waals surface area (Å²) in [5.41, 5.74) is 2.76. The summed E-state index contributed by atoms with van der Waals surface area (Å²) in [6.45, 7) is 0. The van der Waals surface area contributed by atoms with Gasteiger partial charge in [0.25, 0.3) is 0 Å². The molecule has 0 radical (unpaired) electrons. The lowest BCUT2D eigenvalue weighted by atomic mass is 9.88. The minimum absolute atomic E-state index is 0.159. The molecule has 122 valence electrons. The summed E-state index contributed by atoms with van der Waals surface area (Å²) in [6, 6.07) is 17.9. The Hall–Kier alpha value is -2.55. The molecule has 1 heterocycles. The van der Waals surface area contributed by atoms with E-state index in [0.717, 1.165) is 40.8 Å². The fourth-order valence-electron chi connectivity index (χ4n) is 3.45. The Balaban J connectivity index is 1.48. The molecular formula is C21H21NO2. The number of nitrogens with one attached hydrogen (secondary N) is 1. The van der Waals surface area contributed by atoms with Crippen LogP contribution in [0.3, 0.4) is 0 Å². The molecule has 2 aromatic carbocycles. The number of carbonyl (C=O) groups is 1. The molecule has 3 aromatic rings. The van der Waals surface area contributed by atoms with Crippen molar-refractivity contribution in [3.63, 3.8) is 0 Å². The molecular weight excluding hydrogens is 298 g/mol. The Labute approximate surface area is 141 Å². The van der Waals surface area contributed by atoms with Crippen molar-refractivity contribution in [3.8, 4) is 11.3 Å². The van der Waals surface area contributed by atoms with E-state index in [1.807, 2.05) is 54.6 Å². The third-order valence-corrected chi connectivity index (χ3v) is 4.84. The normalized spacial score (nSPS) is 15.5. The first-order valence-electron chi connectivity index (χ1n) is 8.69. The molecule has 1 aliphatic rings. The lowest BCUT2D eigenvalue weighted by Crippen LogP contribution is -2.24. The number of amides is 1. The Morgan fingerprint density at radius 2 is 1.71 bits per heavy atom. The second-order valence-electron chi connectivity index (χ2n) is 6.55. The van der Waals surface area contributed by atoms with Gasteiger partial charge in [0.15, 0.2) is 0 Å². The molecule has 1 N–H and O–H groups in total. The van der Waals surface area contributed by atoms with Crippen LogP contribution < -0.4 is 5.32 Å².